The Morgan fingerprint density at radius 3 is 2.00 bits per heavy atom. The molecule has 0 atom stereocenters. The van der Waals surface area contributed by atoms with E-state index in [0.717, 1.165) is 0 Å². The number of hydrogen-bond donors (Lipinski definition) is 1. The first-order chi connectivity index (χ1) is 8.49. The first-order valence-electron chi connectivity index (χ1n) is 4.01. The smallest absolute Gasteiger partial charge is 0.480 e. The average molecular weight is 296 g/mol. The Labute approximate surface area is 100 Å². The monoisotopic (exact) mass is 296 g/mol. The van der Waals surface area contributed by atoms with Gasteiger partial charge in [0.15, 0.2) is 0 Å². The molecule has 6 nitrogen and oxygen atoms in total. The number of rotatable bonds is 6. The SMILES string of the molecule is O=C(O)/C=C\C(=O)OB(OF)OC(F)(F)C(F)(F)F. The largest absolute Gasteiger partial charge is 0.752 e. The molecule has 19 heavy (non-hydrogen) atoms. The molecule has 0 aromatic carbocycles. The van der Waals surface area contributed by atoms with Gasteiger partial charge in [0.25, 0.3) is 0 Å². The lowest BCUT2D eigenvalue weighted by Crippen LogP contribution is -2.45. The highest BCUT2D eigenvalue weighted by molar-refractivity contribution is 6.39. The third-order valence-electron chi connectivity index (χ3n) is 1.22. The summed E-state index contributed by atoms with van der Waals surface area (Å²) in [6.45, 7) is 0. The van der Waals surface area contributed by atoms with Crippen molar-refractivity contribution in [2.75, 3.05) is 0 Å². The second-order valence-electron chi connectivity index (χ2n) is 2.62. The zero-order valence-corrected chi connectivity index (χ0v) is 8.49. The maximum absolute atomic E-state index is 12.2. The summed E-state index contributed by atoms with van der Waals surface area (Å²) in [5.74, 6) is -3.45. The van der Waals surface area contributed by atoms with E-state index in [1.807, 2.05) is 0 Å². The number of alkyl halides is 5. The number of aliphatic carboxylic acids is 1. The summed E-state index contributed by atoms with van der Waals surface area (Å²) >= 11 is 0. The molecule has 0 aromatic heterocycles. The average Bonchev–Trinajstić information content (AvgIpc) is 2.23. The molecule has 0 aliphatic heterocycles. The van der Waals surface area contributed by atoms with Crippen LogP contribution in [0.4, 0.5) is 26.5 Å². The number of carboxylic acid groups (broad SMARTS) is 1. The normalized spacial score (nSPS) is 12.5. The molecule has 0 aromatic rings. The maximum Gasteiger partial charge on any atom is 0.752 e. The molecule has 0 bridgehead atoms. The van der Waals surface area contributed by atoms with E-state index < -0.39 is 31.5 Å². The molecular formula is C6H3BF6O6. The molecule has 13 heteroatoms. The Kier molecular flexibility index (Phi) is 5.83. The summed E-state index contributed by atoms with van der Waals surface area (Å²) in [5, 5.41) is 8.05. The molecule has 0 spiro atoms. The Morgan fingerprint density at radius 1 is 1.11 bits per heavy atom. The summed E-state index contributed by atoms with van der Waals surface area (Å²) in [5.41, 5.74) is 0. The molecule has 0 unspecified atom stereocenters. The van der Waals surface area contributed by atoms with Gasteiger partial charge in [-0.25, -0.2) is 9.59 Å². The van der Waals surface area contributed by atoms with Gasteiger partial charge in [0.2, 0.25) is 0 Å². The van der Waals surface area contributed by atoms with Gasteiger partial charge in [0, 0.05) is 12.2 Å². The first-order valence-corrected chi connectivity index (χ1v) is 4.01. The third kappa shape index (κ3) is 6.10. The van der Waals surface area contributed by atoms with Gasteiger partial charge in [0.05, 0.1) is 0 Å². The second kappa shape index (κ2) is 6.42. The molecular weight excluding hydrogens is 293 g/mol. The van der Waals surface area contributed by atoms with Crippen molar-refractivity contribution in [2.45, 2.75) is 12.3 Å². The summed E-state index contributed by atoms with van der Waals surface area (Å²) < 4.78 is 77.2. The fourth-order valence-corrected chi connectivity index (χ4v) is 0.522. The Hall–Kier alpha value is -1.76. The van der Waals surface area contributed by atoms with Crippen LogP contribution < -0.4 is 0 Å². The molecule has 108 valence electrons. The highest BCUT2D eigenvalue weighted by Crippen LogP contribution is 2.36. The fraction of sp³-hybridized carbons (Fsp3) is 0.333. The second-order valence-corrected chi connectivity index (χ2v) is 2.62. The lowest BCUT2D eigenvalue weighted by molar-refractivity contribution is -0.372. The molecule has 1 N–H and O–H groups in total. The molecule has 0 amide bonds. The fourth-order valence-electron chi connectivity index (χ4n) is 0.522. The van der Waals surface area contributed by atoms with E-state index in [1.165, 1.54) is 0 Å². The van der Waals surface area contributed by atoms with Crippen LogP contribution in [0.25, 0.3) is 0 Å². The van der Waals surface area contributed by atoms with Crippen LogP contribution in [0.2, 0.25) is 0 Å². The lowest BCUT2D eigenvalue weighted by Gasteiger charge is -2.20. The van der Waals surface area contributed by atoms with Crippen LogP contribution in [-0.2, 0) is 23.8 Å². The molecule has 0 radical (unpaired) electrons. The summed E-state index contributed by atoms with van der Waals surface area (Å²) in [6, 6.07) is 0. The minimum atomic E-state index is -6.20. The summed E-state index contributed by atoms with van der Waals surface area (Å²) in [4.78, 5) is 23.0. The first kappa shape index (κ1) is 17.2. The van der Waals surface area contributed by atoms with E-state index in [4.69, 9.17) is 5.11 Å². The highest BCUT2D eigenvalue weighted by atomic mass is 19.4. The van der Waals surface area contributed by atoms with Crippen LogP contribution in [0, 0.1) is 0 Å². The van der Waals surface area contributed by atoms with Crippen LogP contribution in [0.3, 0.4) is 0 Å². The van der Waals surface area contributed by atoms with Crippen molar-refractivity contribution in [3.63, 3.8) is 0 Å². The molecule has 0 saturated heterocycles. The topological polar surface area (TPSA) is 82.1 Å². The third-order valence-corrected chi connectivity index (χ3v) is 1.22. The maximum atomic E-state index is 12.2. The number of halogens is 6. The van der Waals surface area contributed by atoms with Gasteiger partial charge in [-0.15, -0.1) is 0 Å². The van der Waals surface area contributed by atoms with Crippen LogP contribution >= 0.6 is 0 Å². The minimum absolute atomic E-state index is 0.101. The van der Waals surface area contributed by atoms with E-state index in [2.05, 4.69) is 14.2 Å². The van der Waals surface area contributed by atoms with Gasteiger partial charge >= 0.3 is 31.5 Å². The van der Waals surface area contributed by atoms with Crippen LogP contribution in [0.1, 0.15) is 0 Å². The van der Waals surface area contributed by atoms with Crippen molar-refractivity contribution in [1.82, 2.24) is 0 Å². The van der Waals surface area contributed by atoms with E-state index in [1.54, 1.807) is 0 Å². The minimum Gasteiger partial charge on any atom is -0.480 e. The van der Waals surface area contributed by atoms with Crippen molar-refractivity contribution in [3.05, 3.63) is 12.2 Å². The molecule has 0 fully saturated rings. The van der Waals surface area contributed by atoms with Crippen molar-refractivity contribution in [1.29, 1.82) is 0 Å². The quantitative estimate of drug-likeness (QED) is 0.451. The highest BCUT2D eigenvalue weighted by Gasteiger charge is 2.62. The van der Waals surface area contributed by atoms with Crippen LogP contribution in [0.15, 0.2) is 12.2 Å². The summed E-state index contributed by atoms with van der Waals surface area (Å²) in [6.07, 6.45) is -11.8. The van der Waals surface area contributed by atoms with Crippen molar-refractivity contribution in [3.8, 4) is 0 Å². The Morgan fingerprint density at radius 2 is 1.63 bits per heavy atom. The van der Waals surface area contributed by atoms with Crippen molar-refractivity contribution < 1.29 is 55.3 Å². The van der Waals surface area contributed by atoms with Gasteiger partial charge in [-0.1, -0.05) is 4.53 Å². The van der Waals surface area contributed by atoms with Crippen molar-refractivity contribution >= 4 is 19.3 Å². The number of carboxylic acids is 1. The number of carbonyl (C=O) groups is 2. The molecule has 0 saturated carbocycles. The standard InChI is InChI=1S/C6H3BF6O6/c8-5(9,10)6(11,12)18-7(19-13)17-4(16)2-1-3(14)15/h1-2H,(H,14,15)/b2-1-. The van der Waals surface area contributed by atoms with Gasteiger partial charge in [-0.05, 0) is 0 Å². The van der Waals surface area contributed by atoms with Gasteiger partial charge in [0.1, 0.15) is 0 Å². The summed E-state index contributed by atoms with van der Waals surface area (Å²) in [7, 11) is -3.33. The van der Waals surface area contributed by atoms with E-state index in [-0.39, 0.29) is 12.2 Å². The zero-order chi connectivity index (χ0) is 15.3. The Balaban J connectivity index is 4.61. The van der Waals surface area contributed by atoms with Crippen molar-refractivity contribution in [2.24, 2.45) is 0 Å². The number of carbonyl (C=O) groups excluding carboxylic acids is 1. The zero-order valence-electron chi connectivity index (χ0n) is 8.49. The van der Waals surface area contributed by atoms with E-state index in [9.17, 15) is 36.1 Å². The van der Waals surface area contributed by atoms with Crippen LogP contribution in [-0.4, -0.2) is 36.7 Å². The van der Waals surface area contributed by atoms with Gasteiger partial charge < -0.3 is 14.4 Å². The Bertz CT molecular complexity index is 368. The molecule has 0 heterocycles. The number of hydrogen-bond acceptors (Lipinski definition) is 5. The van der Waals surface area contributed by atoms with E-state index >= 15 is 0 Å². The molecule has 0 rings (SSSR count). The predicted octanol–water partition coefficient (Wildman–Crippen LogP) is 1.23. The molecule has 0 aliphatic carbocycles. The van der Waals surface area contributed by atoms with Crippen LogP contribution in [0.5, 0.6) is 0 Å². The van der Waals surface area contributed by atoms with Gasteiger partial charge in [-0.3, -0.25) is 0 Å². The predicted molar refractivity (Wildman–Crippen MR) is 42.9 cm³/mol. The lowest BCUT2D eigenvalue weighted by atomic mass is 10.2. The van der Waals surface area contributed by atoms with E-state index in [0.29, 0.717) is 0 Å². The molecule has 0 aliphatic rings. The van der Waals surface area contributed by atoms with Gasteiger partial charge in [-0.2, -0.15) is 26.8 Å².